The summed E-state index contributed by atoms with van der Waals surface area (Å²) in [5.74, 6) is 0. The Morgan fingerprint density at radius 2 is 1.82 bits per heavy atom. The molecule has 0 radical (unpaired) electrons. The van der Waals surface area contributed by atoms with Gasteiger partial charge in [0, 0.05) is 0 Å². The molecule has 0 unspecified atom stereocenters. The second-order valence-electron chi connectivity index (χ2n) is 3.73. The van der Waals surface area contributed by atoms with E-state index in [1.165, 1.54) is 0 Å². The van der Waals surface area contributed by atoms with Crippen LogP contribution in [0.15, 0.2) is 52.9 Å². The minimum atomic E-state index is 0.296. The van der Waals surface area contributed by atoms with E-state index < -0.39 is 0 Å². The van der Waals surface area contributed by atoms with E-state index in [9.17, 15) is 0 Å². The molecule has 0 saturated carbocycles. The Hall–Kier alpha value is -2.29. The van der Waals surface area contributed by atoms with Crippen LogP contribution in [-0.2, 0) is 0 Å². The second-order valence-corrected chi connectivity index (χ2v) is 3.73. The van der Waals surface area contributed by atoms with Gasteiger partial charge in [0.15, 0.2) is 5.58 Å². The Labute approximate surface area is 98.7 Å². The quantitative estimate of drug-likeness (QED) is 0.669. The van der Waals surface area contributed by atoms with Crippen molar-refractivity contribution in [2.24, 2.45) is 0 Å². The number of aromatic nitrogens is 1. The van der Waals surface area contributed by atoms with Crippen LogP contribution in [0.4, 0.5) is 0 Å². The van der Waals surface area contributed by atoms with E-state index in [-0.39, 0.29) is 0 Å². The lowest BCUT2D eigenvalue weighted by atomic mass is 10.1. The van der Waals surface area contributed by atoms with Gasteiger partial charge < -0.3 is 9.15 Å². The van der Waals surface area contributed by atoms with Crippen LogP contribution >= 0.6 is 0 Å². The fourth-order valence-corrected chi connectivity index (χ4v) is 1.80. The number of rotatable bonds is 2. The summed E-state index contributed by atoms with van der Waals surface area (Å²) in [6.45, 7) is 0. The minimum Gasteiger partial charge on any atom is -0.453 e. The van der Waals surface area contributed by atoms with Crippen molar-refractivity contribution in [2.75, 3.05) is 7.11 Å². The average Bonchev–Trinajstić information content (AvgIpc) is 2.81. The molecule has 2 aromatic carbocycles. The zero-order valence-corrected chi connectivity index (χ0v) is 9.38. The van der Waals surface area contributed by atoms with Gasteiger partial charge in [-0.25, -0.2) is 0 Å². The van der Waals surface area contributed by atoms with Crippen molar-refractivity contribution in [3.05, 3.63) is 48.5 Å². The monoisotopic (exact) mass is 225 g/mol. The molecule has 0 bridgehead atoms. The van der Waals surface area contributed by atoms with E-state index in [1.54, 1.807) is 7.11 Å². The first-order valence-corrected chi connectivity index (χ1v) is 5.37. The van der Waals surface area contributed by atoms with Gasteiger partial charge in [0.2, 0.25) is 0 Å². The Morgan fingerprint density at radius 3 is 2.59 bits per heavy atom. The zero-order chi connectivity index (χ0) is 11.7. The molecule has 0 amide bonds. The smallest absolute Gasteiger partial charge is 0.394 e. The number of ether oxygens (including phenoxy) is 1. The first-order chi connectivity index (χ1) is 8.36. The van der Waals surface area contributed by atoms with E-state index in [0.717, 1.165) is 22.2 Å². The minimum absolute atomic E-state index is 0.296. The van der Waals surface area contributed by atoms with Crippen LogP contribution < -0.4 is 4.74 Å². The Morgan fingerprint density at radius 1 is 1.00 bits per heavy atom. The predicted molar refractivity (Wildman–Crippen MR) is 66.0 cm³/mol. The van der Waals surface area contributed by atoms with E-state index in [1.807, 2.05) is 36.4 Å². The number of hydrogen-bond acceptors (Lipinski definition) is 3. The predicted octanol–water partition coefficient (Wildman–Crippen LogP) is 3.50. The molecule has 0 aliphatic rings. The number of hydrogen-bond donors (Lipinski definition) is 0. The molecule has 0 spiro atoms. The molecule has 0 N–H and O–H groups in total. The van der Waals surface area contributed by atoms with E-state index in [4.69, 9.17) is 9.15 Å². The summed E-state index contributed by atoms with van der Waals surface area (Å²) in [5.41, 5.74) is 3.83. The molecule has 0 saturated heterocycles. The Bertz CT molecular complexity index is 644. The van der Waals surface area contributed by atoms with Crippen LogP contribution in [-0.4, -0.2) is 12.1 Å². The lowest BCUT2D eigenvalue weighted by molar-refractivity contribution is 0.299. The third kappa shape index (κ3) is 1.76. The van der Waals surface area contributed by atoms with Gasteiger partial charge in [-0.05, 0) is 23.3 Å². The number of methoxy groups -OCH3 is 1. The number of benzene rings is 2. The van der Waals surface area contributed by atoms with Gasteiger partial charge in [0.1, 0.15) is 5.52 Å². The number of nitrogens with zero attached hydrogens (tertiary/aromatic N) is 1. The fraction of sp³-hybridized carbons (Fsp3) is 0.0714. The molecule has 3 rings (SSSR count). The van der Waals surface area contributed by atoms with Gasteiger partial charge >= 0.3 is 6.08 Å². The maximum absolute atomic E-state index is 5.37. The average molecular weight is 225 g/mol. The maximum atomic E-state index is 5.37. The summed E-state index contributed by atoms with van der Waals surface area (Å²) < 4.78 is 10.3. The topological polar surface area (TPSA) is 35.3 Å². The van der Waals surface area contributed by atoms with Crippen LogP contribution in [0.3, 0.4) is 0 Å². The van der Waals surface area contributed by atoms with Crippen molar-refractivity contribution in [2.45, 2.75) is 0 Å². The highest BCUT2D eigenvalue weighted by Crippen LogP contribution is 2.26. The molecular weight excluding hydrogens is 214 g/mol. The first kappa shape index (κ1) is 9.90. The summed E-state index contributed by atoms with van der Waals surface area (Å²) in [7, 11) is 1.54. The molecule has 3 nitrogen and oxygen atoms in total. The lowest BCUT2D eigenvalue weighted by Crippen LogP contribution is -1.80. The van der Waals surface area contributed by atoms with Gasteiger partial charge in [-0.3, -0.25) is 0 Å². The summed E-state index contributed by atoms with van der Waals surface area (Å²) in [6, 6.07) is 16.1. The molecular formula is C14H11NO2. The standard InChI is InChI=1S/C14H11NO2/c1-16-14-15-12-9-11(7-8-13(12)17-14)10-5-3-2-4-6-10/h2-9H,1H3. The van der Waals surface area contributed by atoms with Crippen molar-refractivity contribution in [1.29, 1.82) is 0 Å². The first-order valence-electron chi connectivity index (χ1n) is 5.37. The van der Waals surface area contributed by atoms with Crippen molar-refractivity contribution < 1.29 is 9.15 Å². The second kappa shape index (κ2) is 3.94. The molecule has 3 heteroatoms. The van der Waals surface area contributed by atoms with Gasteiger partial charge in [-0.2, -0.15) is 4.98 Å². The summed E-state index contributed by atoms with van der Waals surface area (Å²) >= 11 is 0. The van der Waals surface area contributed by atoms with E-state index in [2.05, 4.69) is 17.1 Å². The molecule has 0 aliphatic heterocycles. The van der Waals surface area contributed by atoms with Crippen LogP contribution in [0.2, 0.25) is 0 Å². The number of oxazole rings is 1. The maximum Gasteiger partial charge on any atom is 0.394 e. The zero-order valence-electron chi connectivity index (χ0n) is 9.38. The molecule has 0 aliphatic carbocycles. The van der Waals surface area contributed by atoms with Crippen LogP contribution in [0.1, 0.15) is 0 Å². The Balaban J connectivity index is 2.13. The molecule has 84 valence electrons. The SMILES string of the molecule is COc1nc2cc(-c3ccccc3)ccc2o1. The lowest BCUT2D eigenvalue weighted by Gasteiger charge is -1.99. The highest BCUT2D eigenvalue weighted by molar-refractivity contribution is 5.80. The molecule has 17 heavy (non-hydrogen) atoms. The van der Waals surface area contributed by atoms with Gasteiger partial charge in [0.25, 0.3) is 0 Å². The highest BCUT2D eigenvalue weighted by atomic mass is 16.6. The molecule has 0 atom stereocenters. The van der Waals surface area contributed by atoms with Crippen molar-refractivity contribution in [3.63, 3.8) is 0 Å². The van der Waals surface area contributed by atoms with Crippen molar-refractivity contribution >= 4 is 11.1 Å². The molecule has 0 fully saturated rings. The largest absolute Gasteiger partial charge is 0.453 e. The van der Waals surface area contributed by atoms with Crippen LogP contribution in [0.25, 0.3) is 22.2 Å². The third-order valence-corrected chi connectivity index (χ3v) is 2.65. The summed E-state index contributed by atoms with van der Waals surface area (Å²) in [5, 5.41) is 0. The van der Waals surface area contributed by atoms with Gasteiger partial charge in [-0.1, -0.05) is 36.4 Å². The number of fused-ring (bicyclic) bond motifs is 1. The Kier molecular flexibility index (Phi) is 2.29. The van der Waals surface area contributed by atoms with E-state index in [0.29, 0.717) is 6.08 Å². The summed E-state index contributed by atoms with van der Waals surface area (Å²) in [6.07, 6.45) is 0.296. The highest BCUT2D eigenvalue weighted by Gasteiger charge is 2.06. The molecule has 3 aromatic rings. The fourth-order valence-electron chi connectivity index (χ4n) is 1.80. The summed E-state index contributed by atoms with van der Waals surface area (Å²) in [4.78, 5) is 4.23. The van der Waals surface area contributed by atoms with Crippen molar-refractivity contribution in [1.82, 2.24) is 4.98 Å². The molecule has 1 heterocycles. The molecule has 1 aromatic heterocycles. The normalized spacial score (nSPS) is 10.6. The van der Waals surface area contributed by atoms with Crippen LogP contribution in [0.5, 0.6) is 6.08 Å². The van der Waals surface area contributed by atoms with Crippen molar-refractivity contribution in [3.8, 4) is 17.2 Å². The van der Waals surface area contributed by atoms with E-state index >= 15 is 0 Å². The van der Waals surface area contributed by atoms with Gasteiger partial charge in [0.05, 0.1) is 7.11 Å². The van der Waals surface area contributed by atoms with Gasteiger partial charge in [-0.15, -0.1) is 0 Å². The van der Waals surface area contributed by atoms with Crippen LogP contribution in [0, 0.1) is 0 Å². The third-order valence-electron chi connectivity index (χ3n) is 2.65.